The van der Waals surface area contributed by atoms with Crippen molar-refractivity contribution in [1.29, 1.82) is 0 Å². The summed E-state index contributed by atoms with van der Waals surface area (Å²) in [5.41, 5.74) is -1.13. The summed E-state index contributed by atoms with van der Waals surface area (Å²) in [6.45, 7) is 1.11. The predicted molar refractivity (Wildman–Crippen MR) is 89.8 cm³/mol. The van der Waals surface area contributed by atoms with E-state index < -0.39 is 32.8 Å². The minimum Gasteiger partial charge on any atom is -0.356 e. The smallest absolute Gasteiger partial charge is 0.356 e. The Morgan fingerprint density at radius 1 is 1.24 bits per heavy atom. The highest BCUT2D eigenvalue weighted by Gasteiger charge is 2.43. The van der Waals surface area contributed by atoms with Gasteiger partial charge in [-0.1, -0.05) is 0 Å². The molecule has 0 saturated carbocycles. The van der Waals surface area contributed by atoms with Crippen LogP contribution in [0.2, 0.25) is 0 Å². The first-order chi connectivity index (χ1) is 11.7. The van der Waals surface area contributed by atoms with Crippen molar-refractivity contribution in [2.24, 2.45) is 0 Å². The van der Waals surface area contributed by atoms with E-state index in [1.54, 1.807) is 16.7 Å². The van der Waals surface area contributed by atoms with Crippen molar-refractivity contribution < 1.29 is 26.4 Å². The first-order valence-corrected chi connectivity index (χ1v) is 11.2. The predicted octanol–water partition coefficient (Wildman–Crippen LogP) is 1.67. The Labute approximate surface area is 151 Å². The summed E-state index contributed by atoms with van der Waals surface area (Å²) >= 11 is 3.00. The molecule has 1 unspecified atom stereocenters. The minimum atomic E-state index is -4.66. The van der Waals surface area contributed by atoms with Gasteiger partial charge in [0, 0.05) is 36.5 Å². The van der Waals surface area contributed by atoms with Gasteiger partial charge in [-0.3, -0.25) is 4.79 Å². The number of amides is 1. The number of carbonyl (C=O) groups excluding carboxylic acids is 1. The number of carbonyl (C=O) groups is 1. The maximum Gasteiger partial charge on any atom is 0.431 e. The van der Waals surface area contributed by atoms with Crippen LogP contribution in [0.5, 0.6) is 0 Å². The Bertz CT molecular complexity index is 744. The van der Waals surface area contributed by atoms with Crippen molar-refractivity contribution in [2.45, 2.75) is 17.1 Å². The van der Waals surface area contributed by atoms with Crippen molar-refractivity contribution in [1.82, 2.24) is 14.2 Å². The maximum atomic E-state index is 12.7. The zero-order valence-electron chi connectivity index (χ0n) is 13.0. The lowest BCUT2D eigenvalue weighted by molar-refractivity contribution is -0.140. The highest BCUT2D eigenvalue weighted by molar-refractivity contribution is 8.00. The van der Waals surface area contributed by atoms with Crippen LogP contribution < -0.4 is 0 Å². The van der Waals surface area contributed by atoms with Gasteiger partial charge in [0.25, 0.3) is 0 Å². The third-order valence-electron chi connectivity index (χ3n) is 4.02. The van der Waals surface area contributed by atoms with Gasteiger partial charge in [0.15, 0.2) is 0 Å². The zero-order chi connectivity index (χ0) is 18.2. The van der Waals surface area contributed by atoms with E-state index in [-0.39, 0.29) is 11.8 Å². The highest BCUT2D eigenvalue weighted by atomic mass is 32.2. The molecule has 3 rings (SSSR count). The Hall–Kier alpha value is -0.850. The van der Waals surface area contributed by atoms with E-state index >= 15 is 0 Å². The molecule has 1 atom stereocenters. The van der Waals surface area contributed by atoms with Gasteiger partial charge in [-0.05, 0) is 6.07 Å². The number of aromatic amines is 1. The van der Waals surface area contributed by atoms with Crippen LogP contribution in [-0.4, -0.2) is 70.8 Å². The molecule has 12 heteroatoms. The fourth-order valence-corrected chi connectivity index (χ4v) is 6.71. The summed E-state index contributed by atoms with van der Waals surface area (Å²) in [7, 11) is -4.18. The first-order valence-electron chi connectivity index (χ1n) is 7.43. The molecular formula is C13H16F3N3O3S3. The van der Waals surface area contributed by atoms with E-state index in [4.69, 9.17) is 0 Å². The molecule has 0 aromatic carbocycles. The molecule has 0 aliphatic carbocycles. The van der Waals surface area contributed by atoms with Crippen molar-refractivity contribution in [3.63, 3.8) is 0 Å². The average Bonchev–Trinajstić information content (AvgIpc) is 3.24. The van der Waals surface area contributed by atoms with E-state index in [0.29, 0.717) is 24.9 Å². The number of nitrogens with zero attached hydrogens (tertiary/aromatic N) is 2. The molecule has 3 heterocycles. The number of sulfonamides is 1. The number of thioether (sulfide) groups is 2. The number of rotatable bonds is 3. The summed E-state index contributed by atoms with van der Waals surface area (Å²) in [5, 5.41) is 0. The van der Waals surface area contributed by atoms with Crippen molar-refractivity contribution >= 4 is 39.5 Å². The molecule has 1 N–H and O–H groups in total. The average molecular weight is 415 g/mol. The molecule has 2 saturated heterocycles. The van der Waals surface area contributed by atoms with Crippen LogP contribution in [0.1, 0.15) is 5.69 Å². The van der Waals surface area contributed by atoms with E-state index in [2.05, 4.69) is 0 Å². The molecule has 0 radical (unpaired) electrons. The van der Waals surface area contributed by atoms with E-state index in [9.17, 15) is 26.4 Å². The molecule has 1 amide bonds. The van der Waals surface area contributed by atoms with Crippen LogP contribution in [0, 0.1) is 0 Å². The second kappa shape index (κ2) is 7.05. The van der Waals surface area contributed by atoms with Crippen molar-refractivity contribution in [2.75, 3.05) is 36.2 Å². The molecule has 2 aliphatic rings. The molecular weight excluding hydrogens is 399 g/mol. The lowest BCUT2D eigenvalue weighted by Crippen LogP contribution is -2.50. The number of H-pyrrole nitrogens is 1. The van der Waals surface area contributed by atoms with Crippen LogP contribution in [0.3, 0.4) is 0 Å². The molecule has 25 heavy (non-hydrogen) atoms. The van der Waals surface area contributed by atoms with Crippen LogP contribution in [0.4, 0.5) is 13.2 Å². The zero-order valence-corrected chi connectivity index (χ0v) is 15.4. The van der Waals surface area contributed by atoms with Crippen LogP contribution >= 0.6 is 23.5 Å². The van der Waals surface area contributed by atoms with Crippen LogP contribution in [0.15, 0.2) is 17.2 Å². The van der Waals surface area contributed by atoms with Crippen LogP contribution in [0.25, 0.3) is 0 Å². The van der Waals surface area contributed by atoms with Gasteiger partial charge in [-0.2, -0.15) is 29.2 Å². The largest absolute Gasteiger partial charge is 0.431 e. The Balaban J connectivity index is 1.83. The normalized spacial score (nSPS) is 23.2. The number of nitrogens with one attached hydrogen (secondary N) is 1. The summed E-state index contributed by atoms with van der Waals surface area (Å²) in [6, 6.07) is -0.306. The second-order valence-corrected chi connectivity index (χ2v) is 9.71. The number of hydrogen-bond acceptors (Lipinski definition) is 5. The van der Waals surface area contributed by atoms with E-state index in [1.807, 2.05) is 4.98 Å². The summed E-state index contributed by atoms with van der Waals surface area (Å²) in [4.78, 5) is 15.8. The van der Waals surface area contributed by atoms with E-state index in [1.165, 1.54) is 11.8 Å². The molecule has 0 bridgehead atoms. The summed E-state index contributed by atoms with van der Waals surface area (Å²) in [6.07, 6.45) is -3.84. The molecule has 140 valence electrons. The second-order valence-electron chi connectivity index (χ2n) is 5.59. The van der Waals surface area contributed by atoms with Gasteiger partial charge in [-0.25, -0.2) is 8.42 Å². The lowest BCUT2D eigenvalue weighted by atomic mass is 10.3. The third-order valence-corrected chi connectivity index (χ3v) is 7.97. The lowest BCUT2D eigenvalue weighted by Gasteiger charge is -2.31. The van der Waals surface area contributed by atoms with Gasteiger partial charge in [0.1, 0.15) is 16.6 Å². The highest BCUT2D eigenvalue weighted by Crippen LogP contribution is 2.33. The first kappa shape index (κ1) is 18.9. The Morgan fingerprint density at radius 3 is 2.52 bits per heavy atom. The van der Waals surface area contributed by atoms with Gasteiger partial charge < -0.3 is 9.88 Å². The van der Waals surface area contributed by atoms with Gasteiger partial charge in [0.05, 0.1) is 5.88 Å². The van der Waals surface area contributed by atoms with Gasteiger partial charge in [-0.15, -0.1) is 11.8 Å². The number of alkyl halides is 3. The Morgan fingerprint density at radius 2 is 1.92 bits per heavy atom. The standard InChI is InChI=1S/C13H16F3N3O3S3/c14-13(15,16)11-5-9(6-17-11)25(21,22)19-8-24-7-10(19)12(20)18-1-3-23-4-2-18/h5-6,10,17H,1-4,7-8H2. The summed E-state index contributed by atoms with van der Waals surface area (Å²) in [5.74, 6) is 1.67. The van der Waals surface area contributed by atoms with Crippen LogP contribution in [-0.2, 0) is 21.0 Å². The number of halogens is 3. The minimum absolute atomic E-state index is 0.0495. The Kier molecular flexibility index (Phi) is 5.33. The molecule has 0 spiro atoms. The monoisotopic (exact) mass is 415 g/mol. The third kappa shape index (κ3) is 3.81. The van der Waals surface area contributed by atoms with E-state index in [0.717, 1.165) is 22.0 Å². The molecule has 6 nitrogen and oxygen atoms in total. The molecule has 1 aromatic heterocycles. The molecule has 2 aliphatic heterocycles. The van der Waals surface area contributed by atoms with Gasteiger partial charge in [0.2, 0.25) is 15.9 Å². The maximum absolute atomic E-state index is 12.7. The topological polar surface area (TPSA) is 73.5 Å². The molecule has 1 aromatic rings. The fraction of sp³-hybridized carbons (Fsp3) is 0.615. The molecule has 2 fully saturated rings. The summed E-state index contributed by atoms with van der Waals surface area (Å²) < 4.78 is 64.6. The van der Waals surface area contributed by atoms with Crippen molar-refractivity contribution in [3.05, 3.63) is 18.0 Å². The van der Waals surface area contributed by atoms with Gasteiger partial charge >= 0.3 is 6.18 Å². The quantitative estimate of drug-likeness (QED) is 0.813. The number of hydrogen-bond donors (Lipinski definition) is 1. The van der Waals surface area contributed by atoms with Crippen molar-refractivity contribution in [3.8, 4) is 0 Å². The number of aromatic nitrogens is 1. The SMILES string of the molecule is O=C(C1CSCN1S(=O)(=O)c1c[nH]c(C(F)(F)F)c1)N1CCSCC1. The fourth-order valence-electron chi connectivity index (χ4n) is 2.68.